The van der Waals surface area contributed by atoms with Crippen LogP contribution in [0.1, 0.15) is 5.56 Å². The lowest BCUT2D eigenvalue weighted by Crippen LogP contribution is -2.08. The molecule has 9 heteroatoms. The largest absolute Gasteiger partial charge is 0.239 e. The Morgan fingerprint density at radius 1 is 1.08 bits per heavy atom. The summed E-state index contributed by atoms with van der Waals surface area (Å²) >= 11 is 0. The molecule has 2 aromatic heterocycles. The molecule has 0 amide bonds. The van der Waals surface area contributed by atoms with Crippen LogP contribution in [-0.2, 0) is 9.84 Å². The standard InChI is InChI=1S/C15H12N6O2S/c1-24(22,23)13-6-2-4-10(14(13)15-16-9-17-20-15)11-8-19-21-12(11)5-3-7-18-21/h2-8H,9H2,1H3. The average molecular weight is 340 g/mol. The molecule has 0 N–H and O–H groups in total. The quantitative estimate of drug-likeness (QED) is 0.727. The third-order valence-electron chi connectivity index (χ3n) is 3.69. The van der Waals surface area contributed by atoms with Gasteiger partial charge >= 0.3 is 0 Å². The fourth-order valence-electron chi connectivity index (χ4n) is 2.69. The van der Waals surface area contributed by atoms with E-state index in [1.165, 1.54) is 10.9 Å². The predicted molar refractivity (Wildman–Crippen MR) is 87.8 cm³/mol. The van der Waals surface area contributed by atoms with Gasteiger partial charge in [-0.2, -0.15) is 19.9 Å². The van der Waals surface area contributed by atoms with E-state index < -0.39 is 9.84 Å². The fraction of sp³-hybridized carbons (Fsp3) is 0.133. The Morgan fingerprint density at radius 2 is 1.96 bits per heavy atom. The molecule has 3 heterocycles. The summed E-state index contributed by atoms with van der Waals surface area (Å²) in [4.78, 5) is 4.38. The molecule has 1 aromatic carbocycles. The molecule has 8 nitrogen and oxygen atoms in total. The second-order valence-corrected chi connectivity index (χ2v) is 7.26. The summed E-state index contributed by atoms with van der Waals surface area (Å²) in [5.41, 5.74) is 2.65. The van der Waals surface area contributed by atoms with E-state index in [4.69, 9.17) is 0 Å². The highest BCUT2D eigenvalue weighted by Crippen LogP contribution is 2.33. The normalized spacial score (nSPS) is 14.3. The Balaban J connectivity index is 2.08. The molecular formula is C15H12N6O2S. The van der Waals surface area contributed by atoms with Crippen LogP contribution in [0.25, 0.3) is 16.6 Å². The molecule has 0 atom stereocenters. The molecule has 120 valence electrons. The van der Waals surface area contributed by atoms with Crippen molar-refractivity contribution in [3.8, 4) is 11.1 Å². The zero-order valence-electron chi connectivity index (χ0n) is 12.7. The lowest BCUT2D eigenvalue weighted by molar-refractivity contribution is 0.601. The zero-order chi connectivity index (χ0) is 16.7. The van der Waals surface area contributed by atoms with Crippen LogP contribution in [0, 0.1) is 0 Å². The Morgan fingerprint density at radius 3 is 2.71 bits per heavy atom. The minimum absolute atomic E-state index is 0.169. The lowest BCUT2D eigenvalue weighted by atomic mass is 10.00. The van der Waals surface area contributed by atoms with Crippen molar-refractivity contribution in [2.24, 2.45) is 15.2 Å². The van der Waals surface area contributed by atoms with E-state index in [-0.39, 0.29) is 11.6 Å². The van der Waals surface area contributed by atoms with Gasteiger partial charge < -0.3 is 0 Å². The summed E-state index contributed by atoms with van der Waals surface area (Å²) in [6.07, 6.45) is 4.45. The van der Waals surface area contributed by atoms with Crippen LogP contribution in [0.15, 0.2) is 62.8 Å². The smallest absolute Gasteiger partial charge is 0.180 e. The number of fused-ring (bicyclic) bond motifs is 1. The maximum Gasteiger partial charge on any atom is 0.180 e. The van der Waals surface area contributed by atoms with Crippen molar-refractivity contribution < 1.29 is 8.42 Å². The van der Waals surface area contributed by atoms with E-state index >= 15 is 0 Å². The van der Waals surface area contributed by atoms with Gasteiger partial charge in [-0.05, 0) is 23.8 Å². The first-order chi connectivity index (χ1) is 11.6. The number of rotatable bonds is 3. The molecule has 0 radical (unpaired) electrons. The van der Waals surface area contributed by atoms with Crippen molar-refractivity contribution in [3.05, 3.63) is 48.3 Å². The van der Waals surface area contributed by atoms with Crippen molar-refractivity contribution in [2.75, 3.05) is 12.9 Å². The Bertz CT molecular complexity index is 1110. The second-order valence-electron chi connectivity index (χ2n) is 5.27. The van der Waals surface area contributed by atoms with Gasteiger partial charge in [0.15, 0.2) is 22.3 Å². The Labute approximate surface area is 137 Å². The van der Waals surface area contributed by atoms with E-state index in [2.05, 4.69) is 25.4 Å². The molecule has 0 unspecified atom stereocenters. The molecule has 3 aromatic rings. The van der Waals surface area contributed by atoms with E-state index in [9.17, 15) is 8.42 Å². The van der Waals surface area contributed by atoms with Crippen molar-refractivity contribution in [1.29, 1.82) is 0 Å². The lowest BCUT2D eigenvalue weighted by Gasteiger charge is -2.11. The SMILES string of the molecule is CS(=O)(=O)c1cccc(-c2cnn3ncccc23)c1C1=NCN=N1. The molecule has 24 heavy (non-hydrogen) atoms. The molecule has 0 spiro atoms. The number of hydrogen-bond donors (Lipinski definition) is 0. The number of benzene rings is 1. The van der Waals surface area contributed by atoms with Crippen LogP contribution in [0.5, 0.6) is 0 Å². The maximum absolute atomic E-state index is 12.2. The molecule has 0 saturated carbocycles. The number of aliphatic imine (C=N–C) groups is 1. The number of azo groups is 1. The van der Waals surface area contributed by atoms with Gasteiger partial charge in [0.25, 0.3) is 0 Å². The van der Waals surface area contributed by atoms with Gasteiger partial charge in [-0.15, -0.1) is 5.11 Å². The fourth-order valence-corrected chi connectivity index (χ4v) is 3.59. The first kappa shape index (κ1) is 14.6. The number of nitrogens with zero attached hydrogens (tertiary/aromatic N) is 6. The van der Waals surface area contributed by atoms with Gasteiger partial charge in [0.05, 0.1) is 16.6 Å². The van der Waals surface area contributed by atoms with Crippen molar-refractivity contribution >= 4 is 21.2 Å². The zero-order valence-corrected chi connectivity index (χ0v) is 13.5. The maximum atomic E-state index is 12.2. The van der Waals surface area contributed by atoms with Crippen molar-refractivity contribution in [2.45, 2.75) is 4.90 Å². The van der Waals surface area contributed by atoms with Crippen LogP contribution in [0.2, 0.25) is 0 Å². The average Bonchev–Trinajstić information content (AvgIpc) is 3.23. The molecule has 1 aliphatic heterocycles. The summed E-state index contributed by atoms with van der Waals surface area (Å²) in [5, 5.41) is 16.2. The van der Waals surface area contributed by atoms with Crippen molar-refractivity contribution in [1.82, 2.24) is 14.8 Å². The molecule has 1 aliphatic rings. The van der Waals surface area contributed by atoms with Crippen molar-refractivity contribution in [3.63, 3.8) is 0 Å². The van der Waals surface area contributed by atoms with E-state index in [1.807, 2.05) is 12.1 Å². The number of amidine groups is 1. The molecule has 0 aliphatic carbocycles. The summed E-state index contributed by atoms with van der Waals surface area (Å²) in [7, 11) is -3.46. The number of aromatic nitrogens is 3. The molecule has 0 fully saturated rings. The Hall–Kier alpha value is -2.94. The van der Waals surface area contributed by atoms with E-state index in [0.717, 1.165) is 11.1 Å². The van der Waals surface area contributed by atoms with Gasteiger partial charge in [0, 0.05) is 23.6 Å². The first-order valence-electron chi connectivity index (χ1n) is 7.10. The number of hydrogen-bond acceptors (Lipinski definition) is 7. The van der Waals surface area contributed by atoms with Crippen LogP contribution in [0.3, 0.4) is 0 Å². The predicted octanol–water partition coefficient (Wildman–Crippen LogP) is 1.97. The van der Waals surface area contributed by atoms with E-state index in [1.54, 1.807) is 30.6 Å². The summed E-state index contributed by atoms with van der Waals surface area (Å²) in [5.74, 6) is 0.314. The van der Waals surface area contributed by atoms with E-state index in [0.29, 0.717) is 17.0 Å². The summed E-state index contributed by atoms with van der Waals surface area (Å²) < 4.78 is 26.0. The topological polar surface area (TPSA) is 101 Å². The van der Waals surface area contributed by atoms with Crippen LogP contribution in [-0.4, -0.2) is 42.0 Å². The summed E-state index contributed by atoms with van der Waals surface area (Å²) in [6, 6.07) is 8.73. The molecule has 0 saturated heterocycles. The third kappa shape index (κ3) is 2.29. The molecular weight excluding hydrogens is 328 g/mol. The number of sulfone groups is 1. The van der Waals surface area contributed by atoms with Gasteiger partial charge in [-0.1, -0.05) is 12.1 Å². The molecule has 4 rings (SSSR count). The highest BCUT2D eigenvalue weighted by atomic mass is 32.2. The highest BCUT2D eigenvalue weighted by Gasteiger charge is 2.24. The van der Waals surface area contributed by atoms with Crippen LogP contribution < -0.4 is 0 Å². The minimum atomic E-state index is -3.46. The Kier molecular flexibility index (Phi) is 3.24. The van der Waals surface area contributed by atoms with Gasteiger partial charge in [0.2, 0.25) is 0 Å². The minimum Gasteiger partial charge on any atom is -0.239 e. The van der Waals surface area contributed by atoms with Crippen LogP contribution in [0.4, 0.5) is 0 Å². The first-order valence-corrected chi connectivity index (χ1v) is 8.99. The molecule has 0 bridgehead atoms. The van der Waals surface area contributed by atoms with Crippen LogP contribution >= 0.6 is 0 Å². The van der Waals surface area contributed by atoms with Gasteiger partial charge in [0.1, 0.15) is 0 Å². The summed E-state index contributed by atoms with van der Waals surface area (Å²) in [6.45, 7) is 0.198. The monoisotopic (exact) mass is 340 g/mol. The van der Waals surface area contributed by atoms with Gasteiger partial charge in [-0.25, -0.2) is 13.4 Å². The second kappa shape index (κ2) is 5.31. The van der Waals surface area contributed by atoms with Gasteiger partial charge in [-0.3, -0.25) is 0 Å². The third-order valence-corrected chi connectivity index (χ3v) is 4.83. The highest BCUT2D eigenvalue weighted by molar-refractivity contribution is 7.90.